The van der Waals surface area contributed by atoms with Crippen LogP contribution in [0.2, 0.25) is 5.02 Å². The van der Waals surface area contributed by atoms with Crippen LogP contribution in [0.3, 0.4) is 0 Å². The van der Waals surface area contributed by atoms with Crippen molar-refractivity contribution in [1.82, 2.24) is 9.55 Å². The molecule has 1 aromatic carbocycles. The number of hydrogen-bond acceptors (Lipinski definition) is 5. The fraction of sp³-hybridized carbons (Fsp3) is 0.167. The van der Waals surface area contributed by atoms with E-state index in [4.69, 9.17) is 11.6 Å². The zero-order valence-corrected chi connectivity index (χ0v) is 16.4. The van der Waals surface area contributed by atoms with Crippen LogP contribution in [-0.4, -0.2) is 21.2 Å². The lowest BCUT2D eigenvalue weighted by Gasteiger charge is -2.10. The highest BCUT2D eigenvalue weighted by atomic mass is 35.5. The van der Waals surface area contributed by atoms with Gasteiger partial charge in [-0.2, -0.15) is 0 Å². The Morgan fingerprint density at radius 1 is 1.42 bits per heavy atom. The topological polar surface area (TPSA) is 64.0 Å². The third-order valence-corrected chi connectivity index (χ3v) is 5.68. The lowest BCUT2D eigenvalue weighted by Crippen LogP contribution is -2.23. The Labute approximate surface area is 163 Å². The van der Waals surface area contributed by atoms with E-state index in [0.717, 1.165) is 4.88 Å². The van der Waals surface area contributed by atoms with Crippen LogP contribution in [-0.2, 0) is 11.3 Å². The Morgan fingerprint density at radius 2 is 2.15 bits per heavy atom. The van der Waals surface area contributed by atoms with Crippen molar-refractivity contribution in [3.8, 4) is 0 Å². The van der Waals surface area contributed by atoms with Crippen molar-refractivity contribution >= 4 is 56.5 Å². The predicted octanol–water partition coefficient (Wildman–Crippen LogP) is 4.34. The van der Waals surface area contributed by atoms with Crippen LogP contribution in [0.15, 0.2) is 52.9 Å². The first kappa shape index (κ1) is 18.7. The minimum atomic E-state index is -0.181. The number of allylic oxidation sites excluding steroid dienone is 1. The minimum absolute atomic E-state index is 0.111. The molecule has 1 N–H and O–H groups in total. The molecule has 0 fully saturated rings. The maximum absolute atomic E-state index is 12.7. The SMILES string of the molecule is C=CCn1c(SCC(=O)Nc2ccc(Cl)cc2)nc2sc(C)cc2c1=O. The molecule has 2 heterocycles. The van der Waals surface area contributed by atoms with Crippen LogP contribution in [0.25, 0.3) is 10.2 Å². The number of thioether (sulfide) groups is 1. The zero-order chi connectivity index (χ0) is 18.7. The summed E-state index contributed by atoms with van der Waals surface area (Å²) in [5.41, 5.74) is 0.556. The third-order valence-electron chi connectivity index (χ3n) is 3.51. The number of carbonyl (C=O) groups excluding carboxylic acids is 1. The van der Waals surface area contributed by atoms with Gasteiger partial charge in [-0.3, -0.25) is 14.2 Å². The number of benzene rings is 1. The Bertz CT molecular complexity index is 1030. The van der Waals surface area contributed by atoms with Gasteiger partial charge in [-0.05, 0) is 37.3 Å². The lowest BCUT2D eigenvalue weighted by atomic mass is 10.3. The van der Waals surface area contributed by atoms with E-state index in [2.05, 4.69) is 16.9 Å². The Kier molecular flexibility index (Phi) is 5.80. The predicted molar refractivity (Wildman–Crippen MR) is 110 cm³/mol. The van der Waals surface area contributed by atoms with Crippen molar-refractivity contribution in [2.75, 3.05) is 11.1 Å². The van der Waals surface area contributed by atoms with Crippen molar-refractivity contribution in [1.29, 1.82) is 0 Å². The Balaban J connectivity index is 1.79. The maximum Gasteiger partial charge on any atom is 0.263 e. The van der Waals surface area contributed by atoms with Crippen LogP contribution in [0, 0.1) is 6.92 Å². The molecule has 0 saturated carbocycles. The average Bonchev–Trinajstić information content (AvgIpc) is 2.99. The highest BCUT2D eigenvalue weighted by Crippen LogP contribution is 2.24. The molecule has 5 nitrogen and oxygen atoms in total. The normalized spacial score (nSPS) is 10.8. The van der Waals surface area contributed by atoms with Crippen molar-refractivity contribution in [2.45, 2.75) is 18.6 Å². The smallest absolute Gasteiger partial charge is 0.263 e. The standard InChI is InChI=1S/C18H16ClN3O2S2/c1-3-8-22-17(24)14-9-11(2)26-16(14)21-18(22)25-10-15(23)20-13-6-4-12(19)5-7-13/h3-7,9H,1,8,10H2,2H3,(H,20,23). The Hall–Kier alpha value is -2.09. The van der Waals surface area contributed by atoms with Gasteiger partial charge < -0.3 is 5.32 Å². The molecule has 3 rings (SSSR count). The van der Waals surface area contributed by atoms with Gasteiger partial charge in [-0.1, -0.05) is 29.4 Å². The second kappa shape index (κ2) is 8.07. The number of nitrogens with zero attached hydrogens (tertiary/aromatic N) is 2. The third kappa shape index (κ3) is 4.17. The molecule has 0 aliphatic rings. The summed E-state index contributed by atoms with van der Waals surface area (Å²) in [7, 11) is 0. The minimum Gasteiger partial charge on any atom is -0.325 e. The number of halogens is 1. The van der Waals surface area contributed by atoms with Crippen LogP contribution in [0.4, 0.5) is 5.69 Å². The van der Waals surface area contributed by atoms with E-state index in [9.17, 15) is 9.59 Å². The first-order valence-electron chi connectivity index (χ1n) is 7.78. The summed E-state index contributed by atoms with van der Waals surface area (Å²) in [4.78, 5) is 31.1. The molecule has 0 bridgehead atoms. The number of anilines is 1. The van der Waals surface area contributed by atoms with Gasteiger partial charge in [0, 0.05) is 22.1 Å². The Morgan fingerprint density at radius 3 is 2.85 bits per heavy atom. The molecule has 0 aliphatic heterocycles. The van der Waals surface area contributed by atoms with Gasteiger partial charge in [0.15, 0.2) is 5.16 Å². The van der Waals surface area contributed by atoms with Crippen LogP contribution in [0.1, 0.15) is 4.88 Å². The summed E-state index contributed by atoms with van der Waals surface area (Å²) in [6, 6.07) is 8.73. The second-order valence-electron chi connectivity index (χ2n) is 5.52. The molecule has 0 atom stereocenters. The van der Waals surface area contributed by atoms with Crippen LogP contribution in [0.5, 0.6) is 0 Å². The molecular weight excluding hydrogens is 390 g/mol. The number of aryl methyl sites for hydroxylation is 1. The van der Waals surface area contributed by atoms with Gasteiger partial charge >= 0.3 is 0 Å². The molecule has 134 valence electrons. The van der Waals surface area contributed by atoms with Gasteiger partial charge in [0.1, 0.15) is 4.83 Å². The van der Waals surface area contributed by atoms with Crippen molar-refractivity contribution in [3.63, 3.8) is 0 Å². The van der Waals surface area contributed by atoms with E-state index in [0.29, 0.717) is 32.6 Å². The highest BCUT2D eigenvalue weighted by molar-refractivity contribution is 7.99. The number of thiophene rings is 1. The van der Waals surface area contributed by atoms with Gasteiger partial charge in [0.05, 0.1) is 11.1 Å². The molecule has 3 aromatic rings. The molecule has 1 amide bonds. The van der Waals surface area contributed by atoms with Crippen molar-refractivity contribution < 1.29 is 4.79 Å². The molecule has 8 heteroatoms. The monoisotopic (exact) mass is 405 g/mol. The van der Waals surface area contributed by atoms with Crippen molar-refractivity contribution in [2.24, 2.45) is 0 Å². The van der Waals surface area contributed by atoms with E-state index >= 15 is 0 Å². The second-order valence-corrected chi connectivity index (χ2v) is 8.13. The first-order chi connectivity index (χ1) is 12.5. The lowest BCUT2D eigenvalue weighted by molar-refractivity contribution is -0.113. The fourth-order valence-electron chi connectivity index (χ4n) is 2.38. The van der Waals surface area contributed by atoms with E-state index < -0.39 is 0 Å². The van der Waals surface area contributed by atoms with Crippen LogP contribution < -0.4 is 10.9 Å². The van der Waals surface area contributed by atoms with Gasteiger partial charge in [-0.15, -0.1) is 17.9 Å². The van der Waals surface area contributed by atoms with Crippen LogP contribution >= 0.6 is 34.7 Å². The molecule has 26 heavy (non-hydrogen) atoms. The first-order valence-corrected chi connectivity index (χ1v) is 9.96. The summed E-state index contributed by atoms with van der Waals surface area (Å²) < 4.78 is 1.54. The number of nitrogens with one attached hydrogen (secondary N) is 1. The van der Waals surface area contributed by atoms with Gasteiger partial charge in [0.25, 0.3) is 5.56 Å². The molecule has 0 unspecified atom stereocenters. The average molecular weight is 406 g/mol. The molecule has 0 spiro atoms. The number of amides is 1. The summed E-state index contributed by atoms with van der Waals surface area (Å²) in [5.74, 6) is -0.0404. The summed E-state index contributed by atoms with van der Waals surface area (Å²) in [6.07, 6.45) is 1.64. The van der Waals surface area contributed by atoms with Gasteiger partial charge in [-0.25, -0.2) is 4.98 Å². The summed E-state index contributed by atoms with van der Waals surface area (Å²) in [5, 5.41) is 4.51. The van der Waals surface area contributed by atoms with E-state index in [1.807, 2.05) is 13.0 Å². The fourth-order valence-corrected chi connectivity index (χ4v) is 4.23. The molecule has 2 aromatic heterocycles. The molecule has 0 radical (unpaired) electrons. The highest BCUT2D eigenvalue weighted by Gasteiger charge is 2.14. The summed E-state index contributed by atoms with van der Waals surface area (Å²) >= 11 is 8.53. The summed E-state index contributed by atoms with van der Waals surface area (Å²) in [6.45, 7) is 5.98. The number of rotatable bonds is 6. The zero-order valence-electron chi connectivity index (χ0n) is 14.0. The van der Waals surface area contributed by atoms with E-state index in [-0.39, 0.29) is 17.2 Å². The largest absolute Gasteiger partial charge is 0.325 e. The number of fused-ring (bicyclic) bond motifs is 1. The maximum atomic E-state index is 12.7. The number of aromatic nitrogens is 2. The van der Waals surface area contributed by atoms with E-state index in [1.165, 1.54) is 23.1 Å². The van der Waals surface area contributed by atoms with E-state index in [1.54, 1.807) is 34.9 Å². The van der Waals surface area contributed by atoms with Gasteiger partial charge in [0.2, 0.25) is 5.91 Å². The molecular formula is C18H16ClN3O2S2. The number of carbonyl (C=O) groups is 1. The number of hydrogen-bond donors (Lipinski definition) is 1. The molecule has 0 saturated heterocycles. The molecule has 0 aliphatic carbocycles. The quantitative estimate of drug-likeness (QED) is 0.376. The van der Waals surface area contributed by atoms with Crippen molar-refractivity contribution in [3.05, 3.63) is 63.2 Å².